The molecular weight excluding hydrogens is 232 g/mol. The smallest absolute Gasteiger partial charge is 0.337 e. The fourth-order valence-electron chi connectivity index (χ4n) is 2.31. The molecule has 0 saturated carbocycles. The Hall–Kier alpha value is -1.88. The average Bonchev–Trinajstić information content (AvgIpc) is 3.05. The first kappa shape index (κ1) is 11.2. The van der Waals surface area contributed by atoms with Crippen LogP contribution in [0, 0.1) is 0 Å². The van der Waals surface area contributed by atoms with E-state index in [1.54, 1.807) is 18.3 Å². The fourth-order valence-corrected chi connectivity index (χ4v) is 2.31. The third kappa shape index (κ3) is 1.76. The van der Waals surface area contributed by atoms with Gasteiger partial charge in [-0.3, -0.25) is 0 Å². The summed E-state index contributed by atoms with van der Waals surface area (Å²) in [6, 6.07) is 3.54. The molecule has 0 radical (unpaired) electrons. The highest BCUT2D eigenvalue weighted by atomic mass is 16.5. The molecule has 1 fully saturated rings. The third-order valence-corrected chi connectivity index (χ3v) is 3.28. The molecule has 0 amide bonds. The molecule has 1 aliphatic rings. The van der Waals surface area contributed by atoms with Crippen molar-refractivity contribution in [1.29, 1.82) is 0 Å². The summed E-state index contributed by atoms with van der Waals surface area (Å²) in [5.41, 5.74) is 1.44. The molecule has 0 spiro atoms. The van der Waals surface area contributed by atoms with E-state index in [2.05, 4.69) is 4.98 Å². The molecule has 0 aromatic carbocycles. The number of rotatable bonds is 2. The van der Waals surface area contributed by atoms with Crippen molar-refractivity contribution in [2.75, 3.05) is 20.3 Å². The second kappa shape index (κ2) is 4.42. The normalized spacial score (nSPS) is 19.3. The van der Waals surface area contributed by atoms with E-state index in [-0.39, 0.29) is 5.97 Å². The van der Waals surface area contributed by atoms with Gasteiger partial charge in [0.25, 0.3) is 0 Å². The van der Waals surface area contributed by atoms with Crippen LogP contribution in [0.15, 0.2) is 24.5 Å². The second-order valence-electron chi connectivity index (χ2n) is 4.38. The molecule has 18 heavy (non-hydrogen) atoms. The van der Waals surface area contributed by atoms with Gasteiger partial charge in [-0.2, -0.15) is 0 Å². The van der Waals surface area contributed by atoms with E-state index in [9.17, 15) is 4.79 Å². The number of esters is 1. The van der Waals surface area contributed by atoms with Gasteiger partial charge in [-0.05, 0) is 18.6 Å². The van der Waals surface area contributed by atoms with Crippen LogP contribution in [0.1, 0.15) is 28.5 Å². The van der Waals surface area contributed by atoms with Crippen molar-refractivity contribution in [3.8, 4) is 0 Å². The Labute approximate surface area is 104 Å². The lowest BCUT2D eigenvalue weighted by atomic mass is 10.1. The molecule has 2 aromatic rings. The predicted molar refractivity (Wildman–Crippen MR) is 64.7 cm³/mol. The number of fused-ring (bicyclic) bond motifs is 1. The van der Waals surface area contributed by atoms with E-state index in [4.69, 9.17) is 9.47 Å². The van der Waals surface area contributed by atoms with E-state index in [1.807, 2.05) is 10.6 Å². The summed E-state index contributed by atoms with van der Waals surface area (Å²) in [5, 5.41) is 0. The van der Waals surface area contributed by atoms with Crippen LogP contribution in [0.4, 0.5) is 0 Å². The van der Waals surface area contributed by atoms with Gasteiger partial charge in [-0.25, -0.2) is 9.78 Å². The maximum Gasteiger partial charge on any atom is 0.337 e. The Kier molecular flexibility index (Phi) is 2.76. The first-order chi connectivity index (χ1) is 8.79. The average molecular weight is 246 g/mol. The summed E-state index contributed by atoms with van der Waals surface area (Å²) in [6.45, 7) is 1.51. The van der Waals surface area contributed by atoms with Gasteiger partial charge in [-0.15, -0.1) is 0 Å². The Morgan fingerprint density at radius 1 is 1.61 bits per heavy atom. The third-order valence-electron chi connectivity index (χ3n) is 3.28. The first-order valence-corrected chi connectivity index (χ1v) is 5.92. The number of carbonyl (C=O) groups is 1. The lowest BCUT2D eigenvalue weighted by molar-refractivity contribution is 0.0600. The molecule has 5 nitrogen and oxygen atoms in total. The molecule has 0 bridgehead atoms. The van der Waals surface area contributed by atoms with Gasteiger partial charge in [0, 0.05) is 18.7 Å². The first-order valence-electron chi connectivity index (χ1n) is 5.92. The van der Waals surface area contributed by atoms with Crippen molar-refractivity contribution >= 4 is 11.5 Å². The molecule has 1 aliphatic heterocycles. The van der Waals surface area contributed by atoms with Crippen molar-refractivity contribution in [3.05, 3.63) is 35.9 Å². The minimum absolute atomic E-state index is 0.329. The number of carbonyl (C=O) groups excluding carboxylic acids is 1. The van der Waals surface area contributed by atoms with Crippen LogP contribution in [-0.2, 0) is 9.47 Å². The Morgan fingerprint density at radius 3 is 3.22 bits per heavy atom. The van der Waals surface area contributed by atoms with Crippen molar-refractivity contribution in [1.82, 2.24) is 9.38 Å². The largest absolute Gasteiger partial charge is 0.465 e. The number of nitrogens with zero attached hydrogens (tertiary/aromatic N) is 2. The van der Waals surface area contributed by atoms with Gasteiger partial charge in [-0.1, -0.05) is 0 Å². The highest BCUT2D eigenvalue weighted by Gasteiger charge is 2.22. The number of methoxy groups -OCH3 is 1. The van der Waals surface area contributed by atoms with Crippen molar-refractivity contribution in [3.63, 3.8) is 0 Å². The van der Waals surface area contributed by atoms with Crippen LogP contribution < -0.4 is 0 Å². The molecule has 1 unspecified atom stereocenters. The van der Waals surface area contributed by atoms with Gasteiger partial charge in [0.05, 0.1) is 31.0 Å². The summed E-state index contributed by atoms with van der Waals surface area (Å²) >= 11 is 0. The summed E-state index contributed by atoms with van der Waals surface area (Å²) < 4.78 is 12.1. The quantitative estimate of drug-likeness (QED) is 0.756. The Balaban J connectivity index is 2.02. The lowest BCUT2D eigenvalue weighted by Gasteiger charge is -2.07. The van der Waals surface area contributed by atoms with E-state index in [0.717, 1.165) is 31.0 Å². The second-order valence-corrected chi connectivity index (χ2v) is 4.38. The molecule has 2 aromatic heterocycles. The van der Waals surface area contributed by atoms with E-state index in [1.165, 1.54) is 7.11 Å². The zero-order chi connectivity index (χ0) is 12.5. The molecule has 0 aliphatic carbocycles. The molecule has 1 atom stereocenters. The number of hydrogen-bond donors (Lipinski definition) is 0. The number of aromatic nitrogens is 2. The topological polar surface area (TPSA) is 52.8 Å². The summed E-state index contributed by atoms with van der Waals surface area (Å²) in [6.07, 6.45) is 4.64. The standard InChI is InChI=1S/C13H14N2O3/c1-17-13(16)9-2-4-15-11(6-9)7-14-12(15)10-3-5-18-8-10/h2,4,6-7,10H,3,5,8H2,1H3. The Morgan fingerprint density at radius 2 is 2.50 bits per heavy atom. The molecule has 5 heteroatoms. The van der Waals surface area contributed by atoms with Crippen LogP contribution in [0.25, 0.3) is 5.52 Å². The van der Waals surface area contributed by atoms with Gasteiger partial charge < -0.3 is 13.9 Å². The minimum atomic E-state index is -0.329. The number of pyridine rings is 1. The van der Waals surface area contributed by atoms with Crippen molar-refractivity contribution in [2.24, 2.45) is 0 Å². The van der Waals surface area contributed by atoms with Crippen molar-refractivity contribution < 1.29 is 14.3 Å². The predicted octanol–water partition coefficient (Wildman–Crippen LogP) is 1.62. The van der Waals surface area contributed by atoms with Crippen LogP contribution in [0.2, 0.25) is 0 Å². The van der Waals surface area contributed by atoms with Gasteiger partial charge >= 0.3 is 5.97 Å². The van der Waals surface area contributed by atoms with Crippen molar-refractivity contribution in [2.45, 2.75) is 12.3 Å². The highest BCUT2D eigenvalue weighted by Crippen LogP contribution is 2.25. The molecule has 3 heterocycles. The molecular formula is C13H14N2O3. The summed E-state index contributed by atoms with van der Waals surface area (Å²) in [5.74, 6) is 1.01. The van der Waals surface area contributed by atoms with Crippen LogP contribution >= 0.6 is 0 Å². The number of ether oxygens (including phenoxy) is 2. The summed E-state index contributed by atoms with van der Waals surface area (Å²) in [7, 11) is 1.38. The van der Waals surface area contributed by atoms with E-state index >= 15 is 0 Å². The van der Waals surface area contributed by atoms with Gasteiger partial charge in [0.2, 0.25) is 0 Å². The minimum Gasteiger partial charge on any atom is -0.465 e. The Bertz CT molecular complexity index is 585. The fraction of sp³-hybridized carbons (Fsp3) is 0.385. The zero-order valence-corrected chi connectivity index (χ0v) is 10.1. The molecule has 0 N–H and O–H groups in total. The summed E-state index contributed by atoms with van der Waals surface area (Å²) in [4.78, 5) is 15.9. The lowest BCUT2D eigenvalue weighted by Crippen LogP contribution is -2.05. The van der Waals surface area contributed by atoms with E-state index < -0.39 is 0 Å². The van der Waals surface area contributed by atoms with Crippen LogP contribution in [0.5, 0.6) is 0 Å². The highest BCUT2D eigenvalue weighted by molar-refractivity contribution is 5.90. The molecule has 94 valence electrons. The monoisotopic (exact) mass is 246 g/mol. The molecule has 1 saturated heterocycles. The van der Waals surface area contributed by atoms with E-state index in [0.29, 0.717) is 11.5 Å². The van der Waals surface area contributed by atoms with Gasteiger partial charge in [0.15, 0.2) is 0 Å². The maximum atomic E-state index is 11.4. The molecule has 3 rings (SSSR count). The van der Waals surface area contributed by atoms with Crippen LogP contribution in [-0.4, -0.2) is 35.7 Å². The van der Waals surface area contributed by atoms with Gasteiger partial charge in [0.1, 0.15) is 5.82 Å². The number of imidazole rings is 1. The zero-order valence-electron chi connectivity index (χ0n) is 10.1. The maximum absolute atomic E-state index is 11.4. The number of hydrogen-bond acceptors (Lipinski definition) is 4. The van der Waals surface area contributed by atoms with Crippen LogP contribution in [0.3, 0.4) is 0 Å². The SMILES string of the molecule is COC(=O)c1ccn2c(C3CCOC3)ncc2c1.